The highest BCUT2D eigenvalue weighted by Gasteiger charge is 2.28. The zero-order chi connectivity index (χ0) is 8.39. The molecule has 12 heavy (non-hydrogen) atoms. The monoisotopic (exact) mass is 171 g/mol. The Labute approximate surface area is 72.9 Å². The maximum absolute atomic E-state index is 9.74. The molecule has 4 heteroatoms. The fourth-order valence-corrected chi connectivity index (χ4v) is 2.02. The van der Waals surface area contributed by atoms with Crippen molar-refractivity contribution < 1.29 is 5.11 Å². The molecule has 2 heterocycles. The summed E-state index contributed by atoms with van der Waals surface area (Å²) < 4.78 is 0. The average molecular weight is 171 g/mol. The summed E-state index contributed by atoms with van der Waals surface area (Å²) in [6.07, 6.45) is 0.628. The predicted molar refractivity (Wildman–Crippen MR) is 46.9 cm³/mol. The Bertz CT molecular complexity index is 153. The Balaban J connectivity index is 2.01. The largest absolute Gasteiger partial charge is 0.378 e. The van der Waals surface area contributed by atoms with E-state index in [0.29, 0.717) is 6.04 Å². The number of aliphatic hydroxyl groups excluding tert-OH is 1. The van der Waals surface area contributed by atoms with Crippen molar-refractivity contribution in [3.63, 3.8) is 0 Å². The Kier molecular flexibility index (Phi) is 2.60. The van der Waals surface area contributed by atoms with E-state index in [2.05, 4.69) is 15.5 Å². The van der Waals surface area contributed by atoms with Crippen molar-refractivity contribution in [1.29, 1.82) is 0 Å². The zero-order valence-electron chi connectivity index (χ0n) is 7.29. The van der Waals surface area contributed by atoms with Gasteiger partial charge in [0.05, 0.1) is 0 Å². The van der Waals surface area contributed by atoms with Crippen LogP contribution in [0, 0.1) is 0 Å². The lowest BCUT2D eigenvalue weighted by atomic mass is 10.2. The molecule has 0 aromatic carbocycles. The van der Waals surface area contributed by atoms with Gasteiger partial charge in [-0.25, -0.2) is 0 Å². The third-order valence-electron chi connectivity index (χ3n) is 2.74. The molecule has 2 atom stereocenters. The molecular formula is C8H17N3O. The van der Waals surface area contributed by atoms with Gasteiger partial charge in [-0.1, -0.05) is 0 Å². The second-order valence-electron chi connectivity index (χ2n) is 3.57. The molecule has 1 unspecified atom stereocenters. The number of aliphatic hydroxyl groups is 1. The van der Waals surface area contributed by atoms with Crippen molar-refractivity contribution in [3.05, 3.63) is 0 Å². The molecule has 2 saturated heterocycles. The lowest BCUT2D eigenvalue weighted by Crippen LogP contribution is -2.56. The number of piperazine rings is 1. The Morgan fingerprint density at radius 2 is 1.92 bits per heavy atom. The molecule has 2 fully saturated rings. The van der Waals surface area contributed by atoms with Gasteiger partial charge in [-0.2, -0.15) is 0 Å². The van der Waals surface area contributed by atoms with E-state index in [1.807, 2.05) is 0 Å². The molecule has 0 spiro atoms. The first-order valence-corrected chi connectivity index (χ1v) is 4.73. The van der Waals surface area contributed by atoms with Crippen LogP contribution >= 0.6 is 0 Å². The minimum Gasteiger partial charge on any atom is -0.378 e. The van der Waals surface area contributed by atoms with Gasteiger partial charge in [0, 0.05) is 32.2 Å². The number of fused-ring (bicyclic) bond motifs is 1. The molecule has 0 aliphatic carbocycles. The van der Waals surface area contributed by atoms with E-state index in [9.17, 15) is 5.11 Å². The minimum absolute atomic E-state index is 0.230. The van der Waals surface area contributed by atoms with Crippen LogP contribution in [0.3, 0.4) is 0 Å². The highest BCUT2D eigenvalue weighted by Crippen LogP contribution is 2.11. The van der Waals surface area contributed by atoms with Gasteiger partial charge in [0.2, 0.25) is 0 Å². The summed E-state index contributed by atoms with van der Waals surface area (Å²) in [5.74, 6) is 0. The first-order chi connectivity index (χ1) is 5.88. The molecule has 0 bridgehead atoms. The fourth-order valence-electron chi connectivity index (χ4n) is 2.02. The van der Waals surface area contributed by atoms with Gasteiger partial charge < -0.3 is 15.7 Å². The number of rotatable bonds is 0. The van der Waals surface area contributed by atoms with Crippen molar-refractivity contribution in [2.24, 2.45) is 0 Å². The maximum Gasteiger partial charge on any atom is 0.108 e. The Morgan fingerprint density at radius 1 is 1.17 bits per heavy atom. The summed E-state index contributed by atoms with van der Waals surface area (Å²) in [5.41, 5.74) is 0. The van der Waals surface area contributed by atoms with E-state index < -0.39 is 0 Å². The van der Waals surface area contributed by atoms with Crippen molar-refractivity contribution >= 4 is 0 Å². The lowest BCUT2D eigenvalue weighted by Gasteiger charge is -2.37. The second-order valence-corrected chi connectivity index (χ2v) is 3.57. The van der Waals surface area contributed by atoms with Crippen LogP contribution in [-0.2, 0) is 0 Å². The minimum atomic E-state index is -0.230. The highest BCUT2D eigenvalue weighted by molar-refractivity contribution is 4.85. The van der Waals surface area contributed by atoms with Crippen LogP contribution in [0.4, 0.5) is 0 Å². The van der Waals surface area contributed by atoms with Crippen LogP contribution in [0.5, 0.6) is 0 Å². The summed E-state index contributed by atoms with van der Waals surface area (Å²) >= 11 is 0. The Morgan fingerprint density at radius 3 is 2.75 bits per heavy atom. The molecule has 0 amide bonds. The third-order valence-corrected chi connectivity index (χ3v) is 2.74. The molecule has 0 aromatic rings. The molecular weight excluding hydrogens is 154 g/mol. The van der Waals surface area contributed by atoms with Crippen LogP contribution < -0.4 is 10.6 Å². The quantitative estimate of drug-likeness (QED) is 0.418. The zero-order valence-corrected chi connectivity index (χ0v) is 7.29. The van der Waals surface area contributed by atoms with E-state index in [-0.39, 0.29) is 6.23 Å². The number of hydrogen-bond acceptors (Lipinski definition) is 4. The van der Waals surface area contributed by atoms with E-state index in [1.54, 1.807) is 0 Å². The topological polar surface area (TPSA) is 47.5 Å². The van der Waals surface area contributed by atoms with Gasteiger partial charge in [-0.15, -0.1) is 0 Å². The van der Waals surface area contributed by atoms with Crippen molar-refractivity contribution in [2.75, 3.05) is 32.7 Å². The molecule has 0 aromatic heterocycles. The van der Waals surface area contributed by atoms with Gasteiger partial charge in [-0.05, 0) is 13.0 Å². The number of nitrogens with one attached hydrogen (secondary N) is 2. The van der Waals surface area contributed by atoms with Crippen LogP contribution in [-0.4, -0.2) is 55.0 Å². The van der Waals surface area contributed by atoms with Gasteiger partial charge in [0.1, 0.15) is 6.23 Å². The predicted octanol–water partition coefficient (Wildman–Crippen LogP) is -1.43. The van der Waals surface area contributed by atoms with Gasteiger partial charge in [0.15, 0.2) is 0 Å². The fraction of sp³-hybridized carbons (Fsp3) is 1.00. The van der Waals surface area contributed by atoms with Crippen LogP contribution in [0.2, 0.25) is 0 Å². The second kappa shape index (κ2) is 3.70. The summed E-state index contributed by atoms with van der Waals surface area (Å²) in [4.78, 5) is 2.20. The average Bonchev–Trinajstić information content (AvgIpc) is 2.29. The first-order valence-electron chi connectivity index (χ1n) is 4.73. The molecule has 0 saturated carbocycles. The molecule has 3 N–H and O–H groups in total. The van der Waals surface area contributed by atoms with Crippen molar-refractivity contribution in [1.82, 2.24) is 15.5 Å². The molecule has 0 radical (unpaired) electrons. The lowest BCUT2D eigenvalue weighted by molar-refractivity contribution is -0.0280. The Hall–Kier alpha value is -0.160. The number of nitrogens with zero attached hydrogens (tertiary/aromatic N) is 1. The highest BCUT2D eigenvalue weighted by atomic mass is 16.3. The van der Waals surface area contributed by atoms with Crippen LogP contribution in [0.25, 0.3) is 0 Å². The summed E-state index contributed by atoms with van der Waals surface area (Å²) in [6, 6.07) is 0.483. The third kappa shape index (κ3) is 1.61. The SMILES string of the molecule is O[C@H]1CCNCC2CNCCN21. The van der Waals surface area contributed by atoms with Crippen LogP contribution in [0.15, 0.2) is 0 Å². The first kappa shape index (κ1) is 8.44. The van der Waals surface area contributed by atoms with E-state index in [0.717, 1.165) is 39.1 Å². The van der Waals surface area contributed by atoms with Gasteiger partial charge in [-0.3, -0.25) is 4.90 Å². The molecule has 70 valence electrons. The summed E-state index contributed by atoms with van der Waals surface area (Å²) in [6.45, 7) is 4.93. The molecule has 4 nitrogen and oxygen atoms in total. The van der Waals surface area contributed by atoms with Crippen LogP contribution in [0.1, 0.15) is 6.42 Å². The molecule has 2 aliphatic heterocycles. The smallest absolute Gasteiger partial charge is 0.108 e. The van der Waals surface area contributed by atoms with E-state index in [1.165, 1.54) is 0 Å². The van der Waals surface area contributed by atoms with E-state index >= 15 is 0 Å². The number of hydrogen-bond donors (Lipinski definition) is 3. The normalized spacial score (nSPS) is 38.8. The molecule has 2 rings (SSSR count). The van der Waals surface area contributed by atoms with E-state index in [4.69, 9.17) is 0 Å². The van der Waals surface area contributed by atoms with Gasteiger partial charge in [0.25, 0.3) is 0 Å². The van der Waals surface area contributed by atoms with Crippen molar-refractivity contribution in [2.45, 2.75) is 18.7 Å². The standard InChI is InChI=1S/C8H17N3O/c12-8-1-2-9-5-7-6-10-3-4-11(7)8/h7-10,12H,1-6H2/t7?,8-/m0/s1. The summed E-state index contributed by atoms with van der Waals surface area (Å²) in [7, 11) is 0. The van der Waals surface area contributed by atoms with Gasteiger partial charge >= 0.3 is 0 Å². The van der Waals surface area contributed by atoms with Crippen molar-refractivity contribution in [3.8, 4) is 0 Å². The molecule has 2 aliphatic rings. The summed E-state index contributed by atoms with van der Waals surface area (Å²) in [5, 5.41) is 16.4. The maximum atomic E-state index is 9.74.